The van der Waals surface area contributed by atoms with Gasteiger partial charge in [-0.3, -0.25) is 0 Å². The molecule has 15 heavy (non-hydrogen) atoms. The average Bonchev–Trinajstić information content (AvgIpc) is 2.11. The summed E-state index contributed by atoms with van der Waals surface area (Å²) in [6.45, 7) is 5.94. The van der Waals surface area contributed by atoms with Gasteiger partial charge in [-0.1, -0.05) is 32.9 Å². The molecule has 0 aromatic heterocycles. The highest BCUT2D eigenvalue weighted by Crippen LogP contribution is 2.22. The highest BCUT2D eigenvalue weighted by molar-refractivity contribution is 5.20. The van der Waals surface area contributed by atoms with Crippen molar-refractivity contribution < 1.29 is 8.78 Å². The van der Waals surface area contributed by atoms with Gasteiger partial charge in [0.25, 0.3) is 0 Å². The molecule has 0 bridgehead atoms. The third-order valence-corrected chi connectivity index (χ3v) is 2.58. The van der Waals surface area contributed by atoms with E-state index >= 15 is 0 Å². The maximum Gasteiger partial charge on any atom is 0.162 e. The van der Waals surface area contributed by atoms with Gasteiger partial charge in [-0.2, -0.15) is 0 Å². The van der Waals surface area contributed by atoms with Crippen LogP contribution >= 0.6 is 0 Å². The molecule has 1 atom stereocenters. The minimum Gasteiger partial charge on any atom is -0.327 e. The fraction of sp³-hybridized carbons (Fsp3) is 0.500. The summed E-state index contributed by atoms with van der Waals surface area (Å²) in [6, 6.07) is 4.00. The van der Waals surface area contributed by atoms with Gasteiger partial charge in [-0.05, 0) is 23.5 Å². The Morgan fingerprint density at radius 3 is 2.40 bits per heavy atom. The molecule has 0 aliphatic rings. The predicted molar refractivity (Wildman–Crippen MR) is 57.5 cm³/mol. The molecule has 1 aromatic carbocycles. The van der Waals surface area contributed by atoms with E-state index in [0.29, 0.717) is 12.0 Å². The summed E-state index contributed by atoms with van der Waals surface area (Å²) < 4.78 is 26.2. The van der Waals surface area contributed by atoms with Gasteiger partial charge in [0, 0.05) is 6.04 Å². The number of hydrogen-bond donors (Lipinski definition) is 1. The van der Waals surface area contributed by atoms with Crippen molar-refractivity contribution in [2.24, 2.45) is 11.1 Å². The first kappa shape index (κ1) is 12.1. The van der Waals surface area contributed by atoms with Gasteiger partial charge in [0.2, 0.25) is 0 Å². The number of rotatable bonds is 2. The van der Waals surface area contributed by atoms with Crippen molar-refractivity contribution in [2.45, 2.75) is 33.2 Å². The molecule has 0 amide bonds. The first-order valence-corrected chi connectivity index (χ1v) is 5.01. The van der Waals surface area contributed by atoms with E-state index in [9.17, 15) is 8.78 Å². The molecule has 0 saturated carbocycles. The highest BCUT2D eigenvalue weighted by atomic mass is 19.2. The van der Waals surface area contributed by atoms with Gasteiger partial charge in [-0.25, -0.2) is 8.78 Å². The topological polar surface area (TPSA) is 26.0 Å². The van der Waals surface area contributed by atoms with Gasteiger partial charge < -0.3 is 5.73 Å². The zero-order chi connectivity index (χ0) is 11.6. The SMILES string of the molecule is CC(C)(C)C(N)Cc1cccc(F)c1F. The second-order valence-corrected chi connectivity index (χ2v) is 4.89. The summed E-state index contributed by atoms with van der Waals surface area (Å²) in [4.78, 5) is 0. The summed E-state index contributed by atoms with van der Waals surface area (Å²) in [5.41, 5.74) is 6.15. The molecular formula is C12H17F2N. The molecule has 0 saturated heterocycles. The van der Waals surface area contributed by atoms with E-state index < -0.39 is 11.6 Å². The fourth-order valence-electron chi connectivity index (χ4n) is 1.25. The first-order valence-electron chi connectivity index (χ1n) is 5.01. The van der Waals surface area contributed by atoms with Gasteiger partial charge in [0.05, 0.1) is 0 Å². The summed E-state index contributed by atoms with van der Waals surface area (Å²) in [6.07, 6.45) is 0.354. The Labute approximate surface area is 89.3 Å². The van der Waals surface area contributed by atoms with Gasteiger partial charge >= 0.3 is 0 Å². The van der Waals surface area contributed by atoms with Crippen LogP contribution in [0.2, 0.25) is 0 Å². The quantitative estimate of drug-likeness (QED) is 0.803. The van der Waals surface area contributed by atoms with Crippen molar-refractivity contribution >= 4 is 0 Å². The van der Waals surface area contributed by atoms with E-state index in [4.69, 9.17) is 5.73 Å². The van der Waals surface area contributed by atoms with E-state index in [1.165, 1.54) is 6.07 Å². The normalized spacial score (nSPS) is 14.0. The van der Waals surface area contributed by atoms with Crippen LogP contribution in [0.1, 0.15) is 26.3 Å². The van der Waals surface area contributed by atoms with Crippen LogP contribution in [0, 0.1) is 17.0 Å². The first-order chi connectivity index (χ1) is 6.82. The van der Waals surface area contributed by atoms with Crippen molar-refractivity contribution in [1.29, 1.82) is 0 Å². The van der Waals surface area contributed by atoms with Crippen LogP contribution in [0.3, 0.4) is 0 Å². The van der Waals surface area contributed by atoms with Crippen LogP contribution in [0.15, 0.2) is 18.2 Å². The van der Waals surface area contributed by atoms with Crippen LogP contribution in [0.25, 0.3) is 0 Å². The molecular weight excluding hydrogens is 196 g/mol. The van der Waals surface area contributed by atoms with Crippen molar-refractivity contribution in [2.75, 3.05) is 0 Å². The zero-order valence-electron chi connectivity index (χ0n) is 9.35. The fourth-order valence-corrected chi connectivity index (χ4v) is 1.25. The summed E-state index contributed by atoms with van der Waals surface area (Å²) in [5.74, 6) is -1.59. The summed E-state index contributed by atoms with van der Waals surface area (Å²) in [7, 11) is 0. The lowest BCUT2D eigenvalue weighted by atomic mass is 9.83. The van der Waals surface area contributed by atoms with Crippen LogP contribution in [0.4, 0.5) is 8.78 Å². The molecule has 0 fully saturated rings. The molecule has 1 aromatic rings. The Balaban J connectivity index is 2.86. The number of halogens is 2. The lowest BCUT2D eigenvalue weighted by molar-refractivity contribution is 0.315. The maximum absolute atomic E-state index is 13.3. The van der Waals surface area contributed by atoms with Gasteiger partial charge in [-0.15, -0.1) is 0 Å². The Hall–Kier alpha value is -0.960. The maximum atomic E-state index is 13.3. The van der Waals surface area contributed by atoms with Crippen LogP contribution < -0.4 is 5.73 Å². The van der Waals surface area contributed by atoms with Crippen molar-refractivity contribution in [3.63, 3.8) is 0 Å². The van der Waals surface area contributed by atoms with E-state index in [0.717, 1.165) is 6.07 Å². The number of nitrogens with two attached hydrogens (primary N) is 1. The third-order valence-electron chi connectivity index (χ3n) is 2.58. The second kappa shape index (κ2) is 4.27. The molecule has 1 nitrogen and oxygen atoms in total. The van der Waals surface area contributed by atoms with E-state index in [2.05, 4.69) is 0 Å². The van der Waals surface area contributed by atoms with E-state index in [1.54, 1.807) is 6.07 Å². The summed E-state index contributed by atoms with van der Waals surface area (Å²) >= 11 is 0. The predicted octanol–water partition coefficient (Wildman–Crippen LogP) is 2.88. The minimum absolute atomic E-state index is 0.112. The van der Waals surface area contributed by atoms with E-state index in [1.807, 2.05) is 20.8 Å². The average molecular weight is 213 g/mol. The lowest BCUT2D eigenvalue weighted by Crippen LogP contribution is -2.37. The molecule has 0 aliphatic carbocycles. The molecule has 1 rings (SSSR count). The molecule has 0 spiro atoms. The Morgan fingerprint density at radius 1 is 1.27 bits per heavy atom. The second-order valence-electron chi connectivity index (χ2n) is 4.89. The van der Waals surface area contributed by atoms with Gasteiger partial charge in [0.1, 0.15) is 0 Å². The van der Waals surface area contributed by atoms with Crippen molar-refractivity contribution in [3.8, 4) is 0 Å². The molecule has 0 radical (unpaired) electrons. The molecule has 3 heteroatoms. The Bertz CT molecular complexity index is 342. The standard InChI is InChI=1S/C12H17F2N/c1-12(2,3)10(15)7-8-5-4-6-9(13)11(8)14/h4-6,10H,7,15H2,1-3H3. The minimum atomic E-state index is -0.811. The number of benzene rings is 1. The molecule has 1 unspecified atom stereocenters. The third kappa shape index (κ3) is 2.99. The van der Waals surface area contributed by atoms with Crippen LogP contribution in [0.5, 0.6) is 0 Å². The molecule has 84 valence electrons. The van der Waals surface area contributed by atoms with Crippen molar-refractivity contribution in [3.05, 3.63) is 35.4 Å². The smallest absolute Gasteiger partial charge is 0.162 e. The largest absolute Gasteiger partial charge is 0.327 e. The van der Waals surface area contributed by atoms with Crippen LogP contribution in [-0.4, -0.2) is 6.04 Å². The zero-order valence-corrected chi connectivity index (χ0v) is 9.35. The monoisotopic (exact) mass is 213 g/mol. The Morgan fingerprint density at radius 2 is 1.87 bits per heavy atom. The summed E-state index contributed by atoms with van der Waals surface area (Å²) in [5, 5.41) is 0. The highest BCUT2D eigenvalue weighted by Gasteiger charge is 2.22. The molecule has 2 N–H and O–H groups in total. The number of hydrogen-bond acceptors (Lipinski definition) is 1. The molecule has 0 aliphatic heterocycles. The lowest BCUT2D eigenvalue weighted by Gasteiger charge is -2.27. The van der Waals surface area contributed by atoms with Crippen molar-refractivity contribution in [1.82, 2.24) is 0 Å². The molecule has 0 heterocycles. The van der Waals surface area contributed by atoms with Crippen LogP contribution in [-0.2, 0) is 6.42 Å². The Kier molecular flexibility index (Phi) is 3.45. The van der Waals surface area contributed by atoms with Gasteiger partial charge in [0.15, 0.2) is 11.6 Å². The van der Waals surface area contributed by atoms with E-state index in [-0.39, 0.29) is 11.5 Å².